The molecule has 22 heavy (non-hydrogen) atoms. The van der Waals surface area contributed by atoms with Crippen LogP contribution in [0.15, 0.2) is 0 Å². The minimum atomic E-state index is -0.848. The Morgan fingerprint density at radius 1 is 1.00 bits per heavy atom. The van der Waals surface area contributed by atoms with Gasteiger partial charge >= 0.3 is 17.9 Å². The summed E-state index contributed by atoms with van der Waals surface area (Å²) in [5, 5.41) is 0. The minimum absolute atomic E-state index is 0. The molecule has 0 bridgehead atoms. The summed E-state index contributed by atoms with van der Waals surface area (Å²) < 4.78 is 21.0. The van der Waals surface area contributed by atoms with E-state index in [0.29, 0.717) is 0 Å². The van der Waals surface area contributed by atoms with Gasteiger partial charge in [0.25, 0.3) is 0 Å². The number of carbonyl (C=O) groups excluding carboxylic acids is 3. The van der Waals surface area contributed by atoms with Crippen molar-refractivity contribution in [3.63, 3.8) is 0 Å². The third kappa shape index (κ3) is 6.30. The Hall–Kier alpha value is -0.526. The molecule has 7 nitrogen and oxygen atoms in total. The third-order valence-electron chi connectivity index (χ3n) is 3.20. The summed E-state index contributed by atoms with van der Waals surface area (Å²) in [5.41, 5.74) is 0. The zero-order valence-electron chi connectivity index (χ0n) is 13.2. The van der Waals surface area contributed by atoms with Crippen molar-refractivity contribution < 1.29 is 66.0 Å². The van der Waals surface area contributed by atoms with Gasteiger partial charge < -0.3 is 25.9 Å². The van der Waals surface area contributed by atoms with Crippen LogP contribution in [0.4, 0.5) is 0 Å². The van der Waals surface area contributed by atoms with E-state index in [9.17, 15) is 14.4 Å². The molecule has 0 aliphatic carbocycles. The quantitative estimate of drug-likeness (QED) is 0.396. The van der Waals surface area contributed by atoms with Crippen molar-refractivity contribution in [3.8, 4) is 0 Å². The maximum absolute atomic E-state index is 11.3. The Kier molecular flexibility index (Phi) is 9.35. The van der Waals surface area contributed by atoms with E-state index in [0.717, 1.165) is 0 Å². The molecular formula is C14H21O7Y-. The Balaban J connectivity index is 0.00000441. The van der Waals surface area contributed by atoms with Gasteiger partial charge in [0.2, 0.25) is 0 Å². The van der Waals surface area contributed by atoms with E-state index in [1.807, 2.05) is 0 Å². The van der Waals surface area contributed by atoms with Gasteiger partial charge in [-0.2, -0.15) is 0 Å². The van der Waals surface area contributed by atoms with E-state index in [4.69, 9.17) is 18.9 Å². The molecule has 1 rings (SSSR count). The predicted octanol–water partition coefficient (Wildman–Crippen LogP) is 0.648. The van der Waals surface area contributed by atoms with Crippen LogP contribution in [0.2, 0.25) is 0 Å². The SMILES string of the molecule is [CH2-]C1O[C@H](COC(C)=O)[C@@H](OC(C)=O)[C@H](OC(C)=O)[C@H]1C.[Y]. The van der Waals surface area contributed by atoms with Crippen LogP contribution in [-0.4, -0.2) is 48.9 Å². The van der Waals surface area contributed by atoms with Crippen molar-refractivity contribution in [2.24, 2.45) is 5.92 Å². The molecule has 1 saturated heterocycles. The summed E-state index contributed by atoms with van der Waals surface area (Å²) in [4.78, 5) is 33.5. The van der Waals surface area contributed by atoms with E-state index >= 15 is 0 Å². The molecule has 1 fully saturated rings. The van der Waals surface area contributed by atoms with Crippen LogP contribution < -0.4 is 0 Å². The summed E-state index contributed by atoms with van der Waals surface area (Å²) >= 11 is 0. The van der Waals surface area contributed by atoms with Crippen molar-refractivity contribution in [2.75, 3.05) is 6.61 Å². The van der Waals surface area contributed by atoms with Crippen LogP contribution in [0.3, 0.4) is 0 Å². The molecule has 0 aromatic carbocycles. The van der Waals surface area contributed by atoms with Gasteiger partial charge in [-0.3, -0.25) is 14.4 Å². The summed E-state index contributed by atoms with van der Waals surface area (Å²) in [6.07, 6.45) is -2.77. The fraction of sp³-hybridized carbons (Fsp3) is 0.714. The van der Waals surface area contributed by atoms with E-state index in [1.54, 1.807) is 6.92 Å². The maximum Gasteiger partial charge on any atom is 0.303 e. The van der Waals surface area contributed by atoms with Crippen molar-refractivity contribution in [1.29, 1.82) is 0 Å². The first-order valence-electron chi connectivity index (χ1n) is 6.68. The molecule has 8 heteroatoms. The monoisotopic (exact) mass is 390 g/mol. The number of hydrogen-bond acceptors (Lipinski definition) is 7. The van der Waals surface area contributed by atoms with Crippen LogP contribution in [-0.2, 0) is 66.0 Å². The molecule has 0 spiro atoms. The van der Waals surface area contributed by atoms with Crippen molar-refractivity contribution in [3.05, 3.63) is 6.92 Å². The molecule has 1 radical (unpaired) electrons. The van der Waals surface area contributed by atoms with Crippen LogP contribution in [0.1, 0.15) is 27.7 Å². The van der Waals surface area contributed by atoms with Gasteiger partial charge in [-0.05, 0) is 5.92 Å². The first kappa shape index (κ1) is 21.5. The normalized spacial score (nSPS) is 30.7. The molecule has 0 aromatic heterocycles. The first-order valence-corrected chi connectivity index (χ1v) is 6.68. The molecule has 0 aromatic rings. The van der Waals surface area contributed by atoms with Crippen LogP contribution >= 0.6 is 0 Å². The van der Waals surface area contributed by atoms with Gasteiger partial charge in [-0.1, -0.05) is 13.0 Å². The van der Waals surface area contributed by atoms with E-state index < -0.39 is 42.3 Å². The standard InChI is InChI=1S/C14H21O7.Y/c1-7-8(2)19-12(6-18-9(3)15)14(21-11(5)17)13(7)20-10(4)16;/h7-8,12-14H,2,6H2,1,3-5H3;/q-1;/t7-,8?,12+,13+,14+;/m0./s1. The van der Waals surface area contributed by atoms with Crippen molar-refractivity contribution in [1.82, 2.24) is 0 Å². The predicted molar refractivity (Wildman–Crippen MR) is 70.9 cm³/mol. The van der Waals surface area contributed by atoms with E-state index in [1.165, 1.54) is 20.8 Å². The van der Waals surface area contributed by atoms with Gasteiger partial charge in [0.05, 0.1) is 0 Å². The summed E-state index contributed by atoms with van der Waals surface area (Å²) in [7, 11) is 0. The molecule has 5 atom stereocenters. The average Bonchev–Trinajstić information content (AvgIpc) is 2.35. The fourth-order valence-electron chi connectivity index (χ4n) is 2.18. The average molecular weight is 390 g/mol. The van der Waals surface area contributed by atoms with Gasteiger partial charge in [0.1, 0.15) is 18.8 Å². The van der Waals surface area contributed by atoms with Gasteiger partial charge in [0.15, 0.2) is 6.10 Å². The molecule has 1 unspecified atom stereocenters. The summed E-state index contributed by atoms with van der Waals surface area (Å²) in [5.74, 6) is -1.79. The Bertz CT molecular complexity index is 412. The zero-order chi connectivity index (χ0) is 16.2. The van der Waals surface area contributed by atoms with Crippen molar-refractivity contribution in [2.45, 2.75) is 52.1 Å². The smallest absolute Gasteiger partial charge is 0.303 e. The van der Waals surface area contributed by atoms with Gasteiger partial charge in [-0.25, -0.2) is 0 Å². The molecule has 1 heterocycles. The van der Waals surface area contributed by atoms with Gasteiger partial charge in [0, 0.05) is 53.5 Å². The van der Waals surface area contributed by atoms with E-state index in [-0.39, 0.29) is 45.2 Å². The maximum atomic E-state index is 11.3. The summed E-state index contributed by atoms with van der Waals surface area (Å²) in [6, 6.07) is 0. The number of carbonyl (C=O) groups is 3. The molecular weight excluding hydrogens is 369 g/mol. The third-order valence-corrected chi connectivity index (χ3v) is 3.20. The molecule has 0 amide bonds. The Labute approximate surface area is 155 Å². The molecule has 1 aliphatic heterocycles. The zero-order valence-corrected chi connectivity index (χ0v) is 16.1. The number of esters is 3. The molecule has 123 valence electrons. The second-order valence-electron chi connectivity index (χ2n) is 5.02. The fourth-order valence-corrected chi connectivity index (χ4v) is 2.18. The summed E-state index contributed by atoms with van der Waals surface area (Å²) in [6.45, 7) is 9.28. The van der Waals surface area contributed by atoms with Crippen molar-refractivity contribution >= 4 is 17.9 Å². The van der Waals surface area contributed by atoms with Crippen LogP contribution in [0, 0.1) is 12.8 Å². The number of ether oxygens (including phenoxy) is 4. The second-order valence-corrected chi connectivity index (χ2v) is 5.02. The van der Waals surface area contributed by atoms with Crippen LogP contribution in [0.25, 0.3) is 0 Å². The van der Waals surface area contributed by atoms with Crippen LogP contribution in [0.5, 0.6) is 0 Å². The Morgan fingerprint density at radius 2 is 1.50 bits per heavy atom. The Morgan fingerprint density at radius 3 is 1.95 bits per heavy atom. The largest absolute Gasteiger partial charge is 0.463 e. The van der Waals surface area contributed by atoms with E-state index in [2.05, 4.69) is 6.92 Å². The number of rotatable bonds is 4. The minimum Gasteiger partial charge on any atom is -0.463 e. The molecule has 0 saturated carbocycles. The van der Waals surface area contributed by atoms with Gasteiger partial charge in [-0.15, -0.1) is 0 Å². The molecule has 1 aliphatic rings. The number of hydrogen-bond donors (Lipinski definition) is 0. The topological polar surface area (TPSA) is 88.1 Å². The molecule has 0 N–H and O–H groups in total. The second kappa shape index (κ2) is 9.58. The first-order chi connectivity index (χ1) is 9.72.